The van der Waals surface area contributed by atoms with E-state index in [-0.39, 0.29) is 18.4 Å². The average Bonchev–Trinajstić information content (AvgIpc) is 2.51. The van der Waals surface area contributed by atoms with Gasteiger partial charge in [0.1, 0.15) is 0 Å². The van der Waals surface area contributed by atoms with Crippen LogP contribution in [0.15, 0.2) is 22.7 Å². The van der Waals surface area contributed by atoms with E-state index in [0.29, 0.717) is 16.7 Å². The van der Waals surface area contributed by atoms with Crippen LogP contribution in [0.4, 0.5) is 18.9 Å². The fraction of sp³-hybridized carbons (Fsp3) is 0.462. The summed E-state index contributed by atoms with van der Waals surface area (Å²) in [5.41, 5.74) is -0.348. The molecule has 2 rings (SSSR count). The molecule has 0 bridgehead atoms. The zero-order valence-corrected chi connectivity index (χ0v) is 12.1. The summed E-state index contributed by atoms with van der Waals surface area (Å²) in [6.07, 6.45) is -2.56. The van der Waals surface area contributed by atoms with Crippen LogP contribution in [0.25, 0.3) is 0 Å². The second-order valence-electron chi connectivity index (χ2n) is 4.76. The highest BCUT2D eigenvalue weighted by Crippen LogP contribution is 2.33. The topological polar surface area (TPSA) is 41.1 Å². The molecule has 1 aromatic carbocycles. The van der Waals surface area contributed by atoms with E-state index in [9.17, 15) is 18.0 Å². The highest BCUT2D eigenvalue weighted by atomic mass is 79.9. The first-order valence-electron chi connectivity index (χ1n) is 6.25. The third-order valence-electron chi connectivity index (χ3n) is 3.08. The van der Waals surface area contributed by atoms with Crippen molar-refractivity contribution in [2.24, 2.45) is 0 Å². The molecule has 1 unspecified atom stereocenters. The lowest BCUT2D eigenvalue weighted by Gasteiger charge is -2.18. The minimum Gasteiger partial charge on any atom is -0.382 e. The van der Waals surface area contributed by atoms with E-state index in [4.69, 9.17) is 0 Å². The first-order chi connectivity index (χ1) is 9.34. The van der Waals surface area contributed by atoms with Crippen LogP contribution in [-0.4, -0.2) is 18.5 Å². The molecule has 3 nitrogen and oxygen atoms in total. The molecule has 2 N–H and O–H groups in total. The maximum absolute atomic E-state index is 12.7. The lowest BCUT2D eigenvalue weighted by atomic mass is 10.1. The molecular formula is C13H14BrF3N2O. The number of benzene rings is 1. The smallest absolute Gasteiger partial charge is 0.382 e. The second kappa shape index (κ2) is 6.03. The first kappa shape index (κ1) is 15.2. The lowest BCUT2D eigenvalue weighted by molar-refractivity contribution is -0.137. The molecule has 1 aliphatic rings. The summed E-state index contributed by atoms with van der Waals surface area (Å²) in [7, 11) is 0. The van der Waals surface area contributed by atoms with Crippen LogP contribution in [0.2, 0.25) is 0 Å². The summed E-state index contributed by atoms with van der Waals surface area (Å²) >= 11 is 3.08. The Kier molecular flexibility index (Phi) is 4.57. The van der Waals surface area contributed by atoms with E-state index in [1.54, 1.807) is 6.07 Å². The van der Waals surface area contributed by atoms with Gasteiger partial charge in [0.15, 0.2) is 0 Å². The number of amides is 1. The Labute approximate surface area is 123 Å². The minimum atomic E-state index is -4.39. The van der Waals surface area contributed by atoms with E-state index in [1.807, 2.05) is 0 Å². The summed E-state index contributed by atoms with van der Waals surface area (Å²) in [5, 5.41) is 5.75. The molecule has 1 heterocycles. The molecule has 1 aliphatic heterocycles. The zero-order chi connectivity index (χ0) is 14.8. The van der Waals surface area contributed by atoms with Crippen LogP contribution in [0.3, 0.4) is 0 Å². The van der Waals surface area contributed by atoms with Gasteiger partial charge in [-0.15, -0.1) is 0 Å². The molecule has 20 heavy (non-hydrogen) atoms. The quantitative estimate of drug-likeness (QED) is 0.856. The Bertz CT molecular complexity index is 505. The second-order valence-corrected chi connectivity index (χ2v) is 5.68. The van der Waals surface area contributed by atoms with Gasteiger partial charge in [0.05, 0.1) is 5.56 Å². The summed E-state index contributed by atoms with van der Waals surface area (Å²) in [6, 6.07) is 3.53. The predicted octanol–water partition coefficient (Wildman–Crippen LogP) is 3.55. The molecule has 0 aromatic heterocycles. The van der Waals surface area contributed by atoms with Crippen molar-refractivity contribution in [1.29, 1.82) is 0 Å². The summed E-state index contributed by atoms with van der Waals surface area (Å²) < 4.78 is 38.6. The molecule has 0 radical (unpaired) electrons. The van der Waals surface area contributed by atoms with Crippen molar-refractivity contribution in [2.45, 2.75) is 31.5 Å². The molecule has 1 saturated heterocycles. The van der Waals surface area contributed by atoms with E-state index >= 15 is 0 Å². The molecule has 1 fully saturated rings. The van der Waals surface area contributed by atoms with Crippen molar-refractivity contribution in [1.82, 2.24) is 5.32 Å². The van der Waals surface area contributed by atoms with Gasteiger partial charge >= 0.3 is 6.18 Å². The van der Waals surface area contributed by atoms with Crippen LogP contribution >= 0.6 is 15.9 Å². The minimum absolute atomic E-state index is 0.0777. The fourth-order valence-electron chi connectivity index (χ4n) is 2.17. The standard InChI is InChI=1S/C13H14BrF3N2O/c14-9-4-8(13(15,16)17)5-11(6-9)19-10-2-1-3-18-12(20)7-10/h4-6,10,19H,1-3,7H2,(H,18,20). The Balaban J connectivity index is 2.16. The van der Waals surface area contributed by atoms with Crippen LogP contribution in [-0.2, 0) is 11.0 Å². The maximum atomic E-state index is 12.7. The van der Waals surface area contributed by atoms with Gasteiger partial charge in [-0.05, 0) is 31.0 Å². The molecule has 1 atom stereocenters. The molecule has 0 aliphatic carbocycles. The monoisotopic (exact) mass is 350 g/mol. The van der Waals surface area contributed by atoms with Crippen molar-refractivity contribution < 1.29 is 18.0 Å². The first-order valence-corrected chi connectivity index (χ1v) is 7.05. The summed E-state index contributed by atoms with van der Waals surface area (Å²) in [4.78, 5) is 11.4. The maximum Gasteiger partial charge on any atom is 0.416 e. The third kappa shape index (κ3) is 4.13. The molecule has 0 spiro atoms. The Morgan fingerprint density at radius 1 is 1.30 bits per heavy atom. The summed E-state index contributed by atoms with van der Waals surface area (Å²) in [6.45, 7) is 0.614. The van der Waals surface area contributed by atoms with E-state index in [0.717, 1.165) is 25.0 Å². The number of rotatable bonds is 2. The van der Waals surface area contributed by atoms with E-state index in [1.165, 1.54) is 0 Å². The van der Waals surface area contributed by atoms with Crippen LogP contribution in [0, 0.1) is 0 Å². The van der Waals surface area contributed by atoms with Gasteiger partial charge in [-0.3, -0.25) is 4.79 Å². The number of halogens is 4. The molecule has 1 aromatic rings. The highest BCUT2D eigenvalue weighted by Gasteiger charge is 2.31. The van der Waals surface area contributed by atoms with Gasteiger partial charge in [0.25, 0.3) is 0 Å². The molecule has 0 saturated carbocycles. The largest absolute Gasteiger partial charge is 0.416 e. The van der Waals surface area contributed by atoms with Crippen molar-refractivity contribution >= 4 is 27.5 Å². The van der Waals surface area contributed by atoms with E-state index < -0.39 is 11.7 Å². The number of hydrogen-bond acceptors (Lipinski definition) is 2. The number of hydrogen-bond donors (Lipinski definition) is 2. The Morgan fingerprint density at radius 2 is 2.05 bits per heavy atom. The van der Waals surface area contributed by atoms with E-state index in [2.05, 4.69) is 26.6 Å². The van der Waals surface area contributed by atoms with Crippen LogP contribution < -0.4 is 10.6 Å². The summed E-state index contributed by atoms with van der Waals surface area (Å²) in [5.74, 6) is -0.0777. The van der Waals surface area contributed by atoms with Crippen molar-refractivity contribution in [3.63, 3.8) is 0 Å². The normalized spacial score (nSPS) is 20.2. The van der Waals surface area contributed by atoms with Gasteiger partial charge in [0.2, 0.25) is 5.91 Å². The van der Waals surface area contributed by atoms with Crippen molar-refractivity contribution in [3.8, 4) is 0 Å². The van der Waals surface area contributed by atoms with Crippen molar-refractivity contribution in [2.75, 3.05) is 11.9 Å². The van der Waals surface area contributed by atoms with Crippen LogP contribution in [0.1, 0.15) is 24.8 Å². The number of carbonyl (C=O) groups is 1. The van der Waals surface area contributed by atoms with Gasteiger partial charge in [-0.25, -0.2) is 0 Å². The molecule has 1 amide bonds. The molecule has 110 valence electrons. The zero-order valence-electron chi connectivity index (χ0n) is 10.6. The Hall–Kier alpha value is -1.24. The van der Waals surface area contributed by atoms with Crippen LogP contribution in [0.5, 0.6) is 0 Å². The number of nitrogens with one attached hydrogen (secondary N) is 2. The van der Waals surface area contributed by atoms with Gasteiger partial charge in [0, 0.05) is 29.2 Å². The highest BCUT2D eigenvalue weighted by molar-refractivity contribution is 9.10. The third-order valence-corrected chi connectivity index (χ3v) is 3.54. The van der Waals surface area contributed by atoms with Gasteiger partial charge < -0.3 is 10.6 Å². The van der Waals surface area contributed by atoms with Crippen molar-refractivity contribution in [3.05, 3.63) is 28.2 Å². The van der Waals surface area contributed by atoms with Gasteiger partial charge in [-0.1, -0.05) is 15.9 Å². The SMILES string of the molecule is O=C1CC(Nc2cc(Br)cc(C(F)(F)F)c2)CCCN1. The molecular weight excluding hydrogens is 337 g/mol. The fourth-order valence-corrected chi connectivity index (χ4v) is 2.66. The van der Waals surface area contributed by atoms with Gasteiger partial charge in [-0.2, -0.15) is 13.2 Å². The predicted molar refractivity (Wildman–Crippen MR) is 73.4 cm³/mol. The number of anilines is 1. The number of carbonyl (C=O) groups excluding carboxylic acids is 1. The molecule has 7 heteroatoms. The Morgan fingerprint density at radius 3 is 2.75 bits per heavy atom. The number of alkyl halides is 3. The average molecular weight is 351 g/mol. The lowest BCUT2D eigenvalue weighted by Crippen LogP contribution is -2.26.